The van der Waals surface area contributed by atoms with E-state index in [1.54, 1.807) is 43.9 Å². The second kappa shape index (κ2) is 7.77. The van der Waals surface area contributed by atoms with Crippen molar-refractivity contribution in [3.8, 4) is 17.2 Å². The maximum absolute atomic E-state index is 13.6. The van der Waals surface area contributed by atoms with E-state index in [1.165, 1.54) is 18.4 Å². The third-order valence-electron chi connectivity index (χ3n) is 6.04. The molecule has 1 aromatic heterocycles. The SMILES string of the molecule is COC(=O)C1C2c3ccccc3O[C@]1(C)N=c1sc(=Cc3ccc(OC)c(OC)c3)c(=O)n12. The third-order valence-corrected chi connectivity index (χ3v) is 7.02. The van der Waals surface area contributed by atoms with Crippen molar-refractivity contribution in [2.75, 3.05) is 21.3 Å². The van der Waals surface area contributed by atoms with Gasteiger partial charge in [-0.25, -0.2) is 4.99 Å². The molecule has 3 aromatic rings. The molecule has 2 bridgehead atoms. The van der Waals surface area contributed by atoms with E-state index >= 15 is 0 Å². The summed E-state index contributed by atoms with van der Waals surface area (Å²) in [5.41, 5.74) is 0.105. The van der Waals surface area contributed by atoms with Gasteiger partial charge in [-0.05, 0) is 36.8 Å². The van der Waals surface area contributed by atoms with Crippen LogP contribution in [0.5, 0.6) is 17.2 Å². The highest BCUT2D eigenvalue weighted by Crippen LogP contribution is 2.47. The number of rotatable bonds is 4. The zero-order valence-electron chi connectivity index (χ0n) is 18.5. The Morgan fingerprint density at radius 2 is 1.91 bits per heavy atom. The molecule has 2 aromatic carbocycles. The molecule has 3 atom stereocenters. The Labute approximate surface area is 193 Å². The lowest BCUT2D eigenvalue weighted by Crippen LogP contribution is -2.58. The number of hydrogen-bond acceptors (Lipinski definition) is 8. The van der Waals surface area contributed by atoms with Gasteiger partial charge < -0.3 is 18.9 Å². The molecule has 0 amide bonds. The van der Waals surface area contributed by atoms with Crippen LogP contribution in [0.4, 0.5) is 0 Å². The fourth-order valence-electron chi connectivity index (χ4n) is 4.53. The molecule has 2 aliphatic rings. The molecule has 8 nitrogen and oxygen atoms in total. The Kier molecular flexibility index (Phi) is 5.01. The first-order valence-corrected chi connectivity index (χ1v) is 11.1. The molecule has 0 N–H and O–H groups in total. The predicted octanol–water partition coefficient (Wildman–Crippen LogP) is 1.88. The molecular weight excluding hydrogens is 444 g/mol. The molecule has 3 heterocycles. The van der Waals surface area contributed by atoms with E-state index in [0.29, 0.717) is 26.6 Å². The number of para-hydroxylation sites is 1. The number of carbonyl (C=O) groups excluding carboxylic acids is 1. The molecule has 0 fully saturated rings. The van der Waals surface area contributed by atoms with E-state index in [-0.39, 0.29) is 5.56 Å². The van der Waals surface area contributed by atoms with Gasteiger partial charge in [0.1, 0.15) is 11.7 Å². The zero-order chi connectivity index (χ0) is 23.3. The molecule has 0 aliphatic carbocycles. The Morgan fingerprint density at radius 1 is 1.15 bits per heavy atom. The van der Waals surface area contributed by atoms with Gasteiger partial charge in [0.2, 0.25) is 5.72 Å². The van der Waals surface area contributed by atoms with Crippen molar-refractivity contribution in [3.05, 3.63) is 73.3 Å². The number of carbonyl (C=O) groups is 1. The van der Waals surface area contributed by atoms with Crippen LogP contribution in [0, 0.1) is 5.92 Å². The van der Waals surface area contributed by atoms with Crippen molar-refractivity contribution in [1.82, 2.24) is 4.57 Å². The van der Waals surface area contributed by atoms with Gasteiger partial charge >= 0.3 is 5.97 Å². The maximum Gasteiger partial charge on any atom is 0.317 e. The summed E-state index contributed by atoms with van der Waals surface area (Å²) >= 11 is 1.26. The zero-order valence-corrected chi connectivity index (χ0v) is 19.3. The van der Waals surface area contributed by atoms with Crippen molar-refractivity contribution in [1.29, 1.82) is 0 Å². The van der Waals surface area contributed by atoms with Crippen LogP contribution in [0.1, 0.15) is 24.1 Å². The number of benzene rings is 2. The van der Waals surface area contributed by atoms with Crippen LogP contribution in [0.25, 0.3) is 6.08 Å². The van der Waals surface area contributed by atoms with Gasteiger partial charge in [0, 0.05) is 5.56 Å². The van der Waals surface area contributed by atoms with Crippen molar-refractivity contribution < 1.29 is 23.7 Å². The molecule has 0 saturated carbocycles. The Morgan fingerprint density at radius 3 is 2.64 bits per heavy atom. The fraction of sp³-hybridized carbons (Fsp3) is 0.292. The molecule has 33 heavy (non-hydrogen) atoms. The van der Waals surface area contributed by atoms with Gasteiger partial charge in [-0.2, -0.15) is 0 Å². The van der Waals surface area contributed by atoms with E-state index in [2.05, 4.69) is 0 Å². The Hall–Kier alpha value is -3.59. The van der Waals surface area contributed by atoms with Crippen molar-refractivity contribution in [2.45, 2.75) is 18.7 Å². The van der Waals surface area contributed by atoms with Crippen molar-refractivity contribution in [2.24, 2.45) is 10.9 Å². The minimum atomic E-state index is -1.19. The molecule has 0 spiro atoms. The number of fused-ring (bicyclic) bond motifs is 6. The highest BCUT2D eigenvalue weighted by molar-refractivity contribution is 7.07. The topological polar surface area (TPSA) is 88.4 Å². The Bertz CT molecular complexity index is 1440. The average molecular weight is 467 g/mol. The van der Waals surface area contributed by atoms with Gasteiger partial charge in [0.05, 0.1) is 31.9 Å². The van der Waals surface area contributed by atoms with Crippen LogP contribution in [-0.4, -0.2) is 37.6 Å². The third kappa shape index (κ3) is 3.22. The summed E-state index contributed by atoms with van der Waals surface area (Å²) in [4.78, 5) is 31.7. The Balaban J connectivity index is 1.74. The minimum absolute atomic E-state index is 0.230. The van der Waals surface area contributed by atoms with Crippen LogP contribution in [0.2, 0.25) is 0 Å². The molecule has 9 heteroatoms. The maximum atomic E-state index is 13.6. The molecule has 170 valence electrons. The molecule has 2 unspecified atom stereocenters. The van der Waals surface area contributed by atoms with E-state index < -0.39 is 23.7 Å². The first kappa shape index (κ1) is 21.3. The number of esters is 1. The number of methoxy groups -OCH3 is 3. The van der Waals surface area contributed by atoms with Crippen molar-refractivity contribution >= 4 is 23.4 Å². The lowest BCUT2D eigenvalue weighted by atomic mass is 9.81. The molecular formula is C24H22N2O6S. The molecule has 2 aliphatic heterocycles. The van der Waals surface area contributed by atoms with E-state index in [0.717, 1.165) is 11.1 Å². The molecule has 0 radical (unpaired) electrons. The van der Waals surface area contributed by atoms with Gasteiger partial charge in [-0.15, -0.1) is 0 Å². The van der Waals surface area contributed by atoms with Crippen LogP contribution in [0.3, 0.4) is 0 Å². The van der Waals surface area contributed by atoms with Gasteiger partial charge in [0.25, 0.3) is 5.56 Å². The summed E-state index contributed by atoms with van der Waals surface area (Å²) in [5, 5.41) is 0. The largest absolute Gasteiger partial charge is 0.493 e. The quantitative estimate of drug-likeness (QED) is 0.546. The van der Waals surface area contributed by atoms with Crippen LogP contribution in [0.15, 0.2) is 52.3 Å². The van der Waals surface area contributed by atoms with Gasteiger partial charge in [-0.1, -0.05) is 35.6 Å². The summed E-state index contributed by atoms with van der Waals surface area (Å²) in [6.07, 6.45) is 1.78. The highest BCUT2D eigenvalue weighted by atomic mass is 32.1. The molecule has 5 rings (SSSR count). The molecule has 0 saturated heterocycles. The number of hydrogen-bond donors (Lipinski definition) is 0. The summed E-state index contributed by atoms with van der Waals surface area (Å²) in [7, 11) is 4.46. The summed E-state index contributed by atoms with van der Waals surface area (Å²) in [5.74, 6) is 0.487. The highest BCUT2D eigenvalue weighted by Gasteiger charge is 2.55. The van der Waals surface area contributed by atoms with E-state index in [4.69, 9.17) is 23.9 Å². The normalized spacial score (nSPS) is 23.0. The van der Waals surface area contributed by atoms with Crippen LogP contribution < -0.4 is 29.1 Å². The summed E-state index contributed by atoms with van der Waals surface area (Å²) in [6.45, 7) is 1.75. The average Bonchev–Trinajstić information content (AvgIpc) is 3.11. The number of ether oxygens (including phenoxy) is 4. The second-order valence-electron chi connectivity index (χ2n) is 7.93. The van der Waals surface area contributed by atoms with Crippen LogP contribution >= 0.6 is 11.3 Å². The lowest BCUT2D eigenvalue weighted by Gasteiger charge is -2.44. The van der Waals surface area contributed by atoms with Crippen LogP contribution in [-0.2, 0) is 9.53 Å². The van der Waals surface area contributed by atoms with Gasteiger partial charge in [0.15, 0.2) is 16.3 Å². The number of nitrogens with zero attached hydrogens (tertiary/aromatic N) is 2. The fourth-order valence-corrected chi connectivity index (χ4v) is 5.62. The lowest BCUT2D eigenvalue weighted by molar-refractivity contribution is -0.158. The predicted molar refractivity (Wildman–Crippen MR) is 122 cm³/mol. The standard InChI is InChI=1S/C24H22N2O6S/c1-24-19(22(28)31-4)20(14-7-5-6-8-15(14)32-24)26-21(27)18(33-23(26)25-24)12-13-9-10-16(29-2)17(11-13)30-3/h5-12,19-20H,1-4H3/t19?,20?,24-/m0/s1. The smallest absolute Gasteiger partial charge is 0.317 e. The second-order valence-corrected chi connectivity index (χ2v) is 8.94. The van der Waals surface area contributed by atoms with Crippen molar-refractivity contribution in [3.63, 3.8) is 0 Å². The summed E-state index contributed by atoms with van der Waals surface area (Å²) in [6, 6.07) is 12.2. The number of thiazole rings is 1. The monoisotopic (exact) mass is 466 g/mol. The van der Waals surface area contributed by atoms with E-state index in [1.807, 2.05) is 30.3 Å². The number of aromatic nitrogens is 1. The van der Waals surface area contributed by atoms with E-state index in [9.17, 15) is 9.59 Å². The summed E-state index contributed by atoms with van der Waals surface area (Å²) < 4.78 is 24.0. The minimum Gasteiger partial charge on any atom is -0.493 e. The first-order chi connectivity index (χ1) is 15.9. The first-order valence-electron chi connectivity index (χ1n) is 10.3. The van der Waals surface area contributed by atoms with Gasteiger partial charge in [-0.3, -0.25) is 14.2 Å².